The number of rotatable bonds is 3. The molecule has 0 bridgehead atoms. The first-order chi connectivity index (χ1) is 12.8. The number of carbonyl (C=O) groups excluding carboxylic acids is 1. The highest BCUT2D eigenvalue weighted by molar-refractivity contribution is 7.13. The maximum atomic E-state index is 12.6. The minimum absolute atomic E-state index is 0.198. The molecule has 6 heteroatoms. The van der Waals surface area contributed by atoms with Gasteiger partial charge in [-0.15, -0.1) is 11.3 Å². The molecule has 2 aromatic heterocycles. The minimum atomic E-state index is -0.198. The molecular weight excluding hydrogens is 344 g/mol. The van der Waals surface area contributed by atoms with E-state index in [4.69, 9.17) is 4.98 Å². The molecular formula is C20H18N4OS. The summed E-state index contributed by atoms with van der Waals surface area (Å²) < 4.78 is 0. The van der Waals surface area contributed by atoms with E-state index in [1.807, 2.05) is 29.7 Å². The molecule has 0 aliphatic heterocycles. The van der Waals surface area contributed by atoms with Crippen molar-refractivity contribution in [3.05, 3.63) is 71.5 Å². The van der Waals surface area contributed by atoms with Gasteiger partial charge in [0.2, 0.25) is 0 Å². The molecule has 1 aliphatic rings. The molecule has 5 nitrogen and oxygen atoms in total. The molecule has 3 aromatic rings. The number of imidazole rings is 1. The number of allylic oxidation sites excluding steroid dienone is 6. The number of H-pyrrole nitrogens is 1. The molecule has 1 aliphatic carbocycles. The van der Waals surface area contributed by atoms with Crippen molar-refractivity contribution >= 4 is 39.0 Å². The van der Waals surface area contributed by atoms with Gasteiger partial charge in [0.1, 0.15) is 11.3 Å². The Bertz CT molecular complexity index is 1010. The van der Waals surface area contributed by atoms with Crippen molar-refractivity contribution in [2.45, 2.75) is 19.3 Å². The molecule has 0 atom stereocenters. The van der Waals surface area contributed by atoms with Crippen molar-refractivity contribution in [1.29, 1.82) is 0 Å². The van der Waals surface area contributed by atoms with Gasteiger partial charge in [-0.3, -0.25) is 10.1 Å². The molecule has 0 radical (unpaired) electrons. The van der Waals surface area contributed by atoms with Crippen LogP contribution in [0.1, 0.15) is 35.4 Å². The Morgan fingerprint density at radius 3 is 3.08 bits per heavy atom. The Kier molecular flexibility index (Phi) is 4.75. The number of para-hydroxylation sites is 1. The van der Waals surface area contributed by atoms with Crippen molar-refractivity contribution in [2.24, 2.45) is 0 Å². The fourth-order valence-electron chi connectivity index (χ4n) is 2.92. The van der Waals surface area contributed by atoms with Gasteiger partial charge >= 0.3 is 0 Å². The summed E-state index contributed by atoms with van der Waals surface area (Å²) in [6.07, 6.45) is 15.1. The standard InChI is InChI=1S/C20H18N4OS/c25-19(24-20-21-12-13-26-20)15-10-7-11-16-17(15)23-18(22-16)14-8-5-3-1-2-4-6-9-14/h1-3,5,7-8,10-13H,4,6,9H2,(H,22,23)(H,21,24,25)/b2-1-,5-3-,14-8+. The molecule has 0 spiro atoms. The molecule has 0 saturated carbocycles. The van der Waals surface area contributed by atoms with Crippen LogP contribution in [-0.4, -0.2) is 20.9 Å². The van der Waals surface area contributed by atoms with Gasteiger partial charge in [-0.1, -0.05) is 36.4 Å². The maximum absolute atomic E-state index is 12.6. The predicted molar refractivity (Wildman–Crippen MR) is 106 cm³/mol. The van der Waals surface area contributed by atoms with Gasteiger partial charge in [0.25, 0.3) is 5.91 Å². The zero-order chi connectivity index (χ0) is 17.8. The third kappa shape index (κ3) is 3.50. The average Bonchev–Trinajstić information content (AvgIpc) is 3.32. The molecule has 130 valence electrons. The van der Waals surface area contributed by atoms with Crippen molar-refractivity contribution < 1.29 is 4.79 Å². The van der Waals surface area contributed by atoms with Crippen molar-refractivity contribution in [1.82, 2.24) is 15.0 Å². The Morgan fingerprint density at radius 1 is 1.23 bits per heavy atom. The largest absolute Gasteiger partial charge is 0.338 e. The number of amides is 1. The maximum Gasteiger partial charge on any atom is 0.259 e. The summed E-state index contributed by atoms with van der Waals surface area (Å²) in [4.78, 5) is 24.8. The van der Waals surface area contributed by atoms with Gasteiger partial charge in [0.05, 0.1) is 11.1 Å². The summed E-state index contributed by atoms with van der Waals surface area (Å²) in [5.41, 5.74) is 3.22. The van der Waals surface area contributed by atoms with E-state index in [0.717, 1.165) is 36.2 Å². The number of benzene rings is 1. The Labute approximate surface area is 155 Å². The Hall–Kier alpha value is -2.99. The molecule has 0 saturated heterocycles. The van der Waals surface area contributed by atoms with E-state index in [1.165, 1.54) is 11.3 Å². The predicted octanol–water partition coefficient (Wildman–Crippen LogP) is 4.95. The molecule has 1 amide bonds. The summed E-state index contributed by atoms with van der Waals surface area (Å²) in [6, 6.07) is 5.60. The first kappa shape index (κ1) is 16.5. The lowest BCUT2D eigenvalue weighted by Crippen LogP contribution is -2.12. The summed E-state index contributed by atoms with van der Waals surface area (Å²) in [7, 11) is 0. The van der Waals surface area contributed by atoms with Gasteiger partial charge < -0.3 is 4.98 Å². The SMILES string of the molecule is O=C(Nc1nccs1)c1cccc2[nH]c(/C3=C/C=C\C=C/CCC3)nc12. The number of hydrogen-bond acceptors (Lipinski definition) is 4. The normalized spacial score (nSPS) is 19.0. The van der Waals surface area contributed by atoms with Crippen LogP contribution in [0.2, 0.25) is 0 Å². The third-order valence-electron chi connectivity index (χ3n) is 4.19. The highest BCUT2D eigenvalue weighted by Gasteiger charge is 2.16. The minimum Gasteiger partial charge on any atom is -0.338 e. The number of aromatic nitrogens is 3. The number of fused-ring (bicyclic) bond motifs is 1. The number of nitrogens with zero attached hydrogens (tertiary/aromatic N) is 2. The van der Waals surface area contributed by atoms with Crippen LogP contribution in [-0.2, 0) is 0 Å². The van der Waals surface area contributed by atoms with Crippen LogP contribution in [0.3, 0.4) is 0 Å². The molecule has 2 heterocycles. The van der Waals surface area contributed by atoms with Gasteiger partial charge in [-0.2, -0.15) is 0 Å². The van der Waals surface area contributed by atoms with E-state index < -0.39 is 0 Å². The summed E-state index contributed by atoms with van der Waals surface area (Å²) in [5.74, 6) is 0.622. The van der Waals surface area contributed by atoms with E-state index >= 15 is 0 Å². The average molecular weight is 362 g/mol. The van der Waals surface area contributed by atoms with Crippen LogP contribution in [0, 0.1) is 0 Å². The van der Waals surface area contributed by atoms with Crippen molar-refractivity contribution in [3.63, 3.8) is 0 Å². The van der Waals surface area contributed by atoms with Crippen molar-refractivity contribution in [2.75, 3.05) is 5.32 Å². The van der Waals surface area contributed by atoms with Crippen LogP contribution in [0.5, 0.6) is 0 Å². The van der Waals surface area contributed by atoms with E-state index in [-0.39, 0.29) is 5.91 Å². The van der Waals surface area contributed by atoms with E-state index in [9.17, 15) is 4.79 Å². The number of anilines is 1. The summed E-state index contributed by atoms with van der Waals surface area (Å²) in [5, 5.41) is 5.24. The zero-order valence-electron chi connectivity index (χ0n) is 14.1. The van der Waals surface area contributed by atoms with E-state index in [2.05, 4.69) is 33.5 Å². The summed E-state index contributed by atoms with van der Waals surface area (Å²) in [6.45, 7) is 0. The monoisotopic (exact) mass is 362 g/mol. The number of thiazole rings is 1. The first-order valence-electron chi connectivity index (χ1n) is 8.53. The molecule has 0 fully saturated rings. The second-order valence-corrected chi connectivity index (χ2v) is 6.87. The number of hydrogen-bond donors (Lipinski definition) is 2. The van der Waals surface area contributed by atoms with Crippen LogP contribution < -0.4 is 5.32 Å². The zero-order valence-corrected chi connectivity index (χ0v) is 14.9. The van der Waals surface area contributed by atoms with Crippen LogP contribution in [0.25, 0.3) is 16.6 Å². The molecule has 2 N–H and O–H groups in total. The highest BCUT2D eigenvalue weighted by atomic mass is 32.1. The van der Waals surface area contributed by atoms with Crippen LogP contribution in [0.4, 0.5) is 5.13 Å². The number of aromatic amines is 1. The van der Waals surface area contributed by atoms with Gasteiger partial charge in [-0.05, 0) is 37.0 Å². The van der Waals surface area contributed by atoms with E-state index in [0.29, 0.717) is 16.2 Å². The Balaban J connectivity index is 1.69. The second kappa shape index (κ2) is 7.49. The topological polar surface area (TPSA) is 70.7 Å². The van der Waals surface area contributed by atoms with Crippen LogP contribution in [0.15, 0.2) is 60.2 Å². The highest BCUT2D eigenvalue weighted by Crippen LogP contribution is 2.25. The lowest BCUT2D eigenvalue weighted by molar-refractivity contribution is 0.102. The van der Waals surface area contributed by atoms with E-state index in [1.54, 1.807) is 12.3 Å². The summed E-state index contributed by atoms with van der Waals surface area (Å²) >= 11 is 1.39. The lowest BCUT2D eigenvalue weighted by atomic mass is 10.1. The molecule has 4 rings (SSSR count). The molecule has 0 unspecified atom stereocenters. The number of carbonyl (C=O) groups is 1. The molecule has 1 aromatic carbocycles. The number of nitrogens with one attached hydrogen (secondary N) is 2. The third-order valence-corrected chi connectivity index (χ3v) is 4.88. The van der Waals surface area contributed by atoms with Gasteiger partial charge in [-0.25, -0.2) is 9.97 Å². The van der Waals surface area contributed by atoms with Gasteiger partial charge in [0, 0.05) is 11.6 Å². The quantitative estimate of drug-likeness (QED) is 0.692. The molecule has 26 heavy (non-hydrogen) atoms. The smallest absolute Gasteiger partial charge is 0.259 e. The fourth-order valence-corrected chi connectivity index (χ4v) is 3.44. The van der Waals surface area contributed by atoms with Gasteiger partial charge in [0.15, 0.2) is 5.13 Å². The first-order valence-corrected chi connectivity index (χ1v) is 9.41. The van der Waals surface area contributed by atoms with Crippen LogP contribution >= 0.6 is 11.3 Å². The fraction of sp³-hybridized carbons (Fsp3) is 0.150. The second-order valence-electron chi connectivity index (χ2n) is 5.98. The Morgan fingerprint density at radius 2 is 2.19 bits per heavy atom. The lowest BCUT2D eigenvalue weighted by Gasteiger charge is -2.02. The van der Waals surface area contributed by atoms with Crippen molar-refractivity contribution in [3.8, 4) is 0 Å².